The SMILES string of the molecule is CCC(C)NCCn1ccc2c(F)cccc21. The van der Waals surface area contributed by atoms with Crippen LogP contribution in [0.2, 0.25) is 0 Å². The number of fused-ring (bicyclic) bond motifs is 1. The van der Waals surface area contributed by atoms with E-state index in [0.29, 0.717) is 11.4 Å². The van der Waals surface area contributed by atoms with Crippen LogP contribution in [0.25, 0.3) is 10.9 Å². The Bertz CT molecular complexity index is 490. The van der Waals surface area contributed by atoms with E-state index in [2.05, 4.69) is 23.7 Å². The third kappa shape index (κ3) is 2.67. The van der Waals surface area contributed by atoms with E-state index in [9.17, 15) is 4.39 Å². The van der Waals surface area contributed by atoms with Crippen molar-refractivity contribution in [3.63, 3.8) is 0 Å². The normalized spacial score (nSPS) is 13.1. The van der Waals surface area contributed by atoms with E-state index >= 15 is 0 Å². The molecule has 1 atom stereocenters. The molecule has 2 rings (SSSR count). The molecule has 1 aromatic carbocycles. The van der Waals surface area contributed by atoms with Crippen LogP contribution in [0.5, 0.6) is 0 Å². The fraction of sp³-hybridized carbons (Fsp3) is 0.429. The Morgan fingerprint density at radius 1 is 1.35 bits per heavy atom. The van der Waals surface area contributed by atoms with Crippen molar-refractivity contribution in [1.82, 2.24) is 9.88 Å². The molecular formula is C14H19FN2. The second-order valence-electron chi connectivity index (χ2n) is 4.45. The molecule has 1 unspecified atom stereocenters. The first-order valence-electron chi connectivity index (χ1n) is 6.19. The minimum Gasteiger partial charge on any atom is -0.346 e. The molecule has 0 bridgehead atoms. The Balaban J connectivity index is 2.07. The third-order valence-electron chi connectivity index (χ3n) is 3.22. The summed E-state index contributed by atoms with van der Waals surface area (Å²) in [5.41, 5.74) is 0.968. The molecular weight excluding hydrogens is 215 g/mol. The highest BCUT2D eigenvalue weighted by atomic mass is 19.1. The van der Waals surface area contributed by atoms with Gasteiger partial charge in [0.15, 0.2) is 0 Å². The van der Waals surface area contributed by atoms with Gasteiger partial charge < -0.3 is 9.88 Å². The van der Waals surface area contributed by atoms with Crippen molar-refractivity contribution in [3.8, 4) is 0 Å². The zero-order valence-electron chi connectivity index (χ0n) is 10.4. The summed E-state index contributed by atoms with van der Waals surface area (Å²) in [6, 6.07) is 7.60. The van der Waals surface area contributed by atoms with Gasteiger partial charge in [0.2, 0.25) is 0 Å². The lowest BCUT2D eigenvalue weighted by Crippen LogP contribution is -2.28. The molecule has 92 valence electrons. The first kappa shape index (κ1) is 12.1. The van der Waals surface area contributed by atoms with Gasteiger partial charge in [-0.05, 0) is 31.5 Å². The van der Waals surface area contributed by atoms with Crippen LogP contribution in [0.4, 0.5) is 4.39 Å². The van der Waals surface area contributed by atoms with Gasteiger partial charge in [-0.1, -0.05) is 13.0 Å². The Kier molecular flexibility index (Phi) is 3.79. The summed E-state index contributed by atoms with van der Waals surface area (Å²) in [5, 5.41) is 4.14. The standard InChI is InChI=1S/C14H19FN2/c1-3-11(2)16-8-10-17-9-7-12-13(15)5-4-6-14(12)17/h4-7,9,11,16H,3,8,10H2,1-2H3. The average molecular weight is 234 g/mol. The van der Waals surface area contributed by atoms with Crippen molar-refractivity contribution in [2.24, 2.45) is 0 Å². The lowest BCUT2D eigenvalue weighted by Gasteiger charge is -2.12. The number of rotatable bonds is 5. The largest absolute Gasteiger partial charge is 0.346 e. The van der Waals surface area contributed by atoms with Crippen molar-refractivity contribution < 1.29 is 4.39 Å². The van der Waals surface area contributed by atoms with E-state index in [1.54, 1.807) is 6.07 Å². The molecule has 3 heteroatoms. The number of hydrogen-bond donors (Lipinski definition) is 1. The second-order valence-corrected chi connectivity index (χ2v) is 4.45. The fourth-order valence-corrected chi connectivity index (χ4v) is 1.96. The number of nitrogens with one attached hydrogen (secondary N) is 1. The van der Waals surface area contributed by atoms with E-state index in [1.807, 2.05) is 18.3 Å². The van der Waals surface area contributed by atoms with Crippen molar-refractivity contribution in [2.45, 2.75) is 32.9 Å². The number of benzene rings is 1. The quantitative estimate of drug-likeness (QED) is 0.840. The van der Waals surface area contributed by atoms with Gasteiger partial charge in [0.25, 0.3) is 0 Å². The van der Waals surface area contributed by atoms with Gasteiger partial charge >= 0.3 is 0 Å². The van der Waals surface area contributed by atoms with Crippen LogP contribution in [-0.2, 0) is 6.54 Å². The molecule has 0 fully saturated rings. The lowest BCUT2D eigenvalue weighted by molar-refractivity contribution is 0.509. The predicted molar refractivity (Wildman–Crippen MR) is 69.7 cm³/mol. The average Bonchev–Trinajstić information content (AvgIpc) is 2.74. The Morgan fingerprint density at radius 2 is 2.18 bits per heavy atom. The summed E-state index contributed by atoms with van der Waals surface area (Å²) < 4.78 is 15.6. The molecule has 1 N–H and O–H groups in total. The maximum atomic E-state index is 13.5. The molecule has 0 saturated heterocycles. The maximum absolute atomic E-state index is 13.5. The van der Waals surface area contributed by atoms with E-state index in [0.717, 1.165) is 25.0 Å². The highest BCUT2D eigenvalue weighted by Crippen LogP contribution is 2.18. The molecule has 0 saturated carbocycles. The van der Waals surface area contributed by atoms with Crippen LogP contribution in [0.15, 0.2) is 30.5 Å². The van der Waals surface area contributed by atoms with Crippen molar-refractivity contribution in [3.05, 3.63) is 36.3 Å². The van der Waals surface area contributed by atoms with Gasteiger partial charge in [0.1, 0.15) is 5.82 Å². The van der Waals surface area contributed by atoms with Crippen LogP contribution >= 0.6 is 0 Å². The second kappa shape index (κ2) is 5.32. The minimum atomic E-state index is -0.142. The number of nitrogens with zero attached hydrogens (tertiary/aromatic N) is 1. The molecule has 0 amide bonds. The first-order chi connectivity index (χ1) is 8.22. The summed E-state index contributed by atoms with van der Waals surface area (Å²) in [6.45, 7) is 6.12. The Labute approximate surface area is 101 Å². The van der Waals surface area contributed by atoms with Crippen molar-refractivity contribution in [2.75, 3.05) is 6.54 Å². The van der Waals surface area contributed by atoms with Gasteiger partial charge in [0, 0.05) is 30.7 Å². The van der Waals surface area contributed by atoms with Crippen LogP contribution < -0.4 is 5.32 Å². The Morgan fingerprint density at radius 3 is 2.94 bits per heavy atom. The molecule has 2 nitrogen and oxygen atoms in total. The van der Waals surface area contributed by atoms with Gasteiger partial charge in [-0.25, -0.2) is 4.39 Å². The van der Waals surface area contributed by atoms with Crippen LogP contribution in [0.3, 0.4) is 0 Å². The molecule has 2 aromatic rings. The summed E-state index contributed by atoms with van der Waals surface area (Å²) in [7, 11) is 0. The first-order valence-corrected chi connectivity index (χ1v) is 6.19. The maximum Gasteiger partial charge on any atom is 0.132 e. The summed E-state index contributed by atoms with van der Waals surface area (Å²) in [6.07, 6.45) is 3.08. The molecule has 0 spiro atoms. The van der Waals surface area contributed by atoms with E-state index < -0.39 is 0 Å². The molecule has 0 aliphatic rings. The number of hydrogen-bond acceptors (Lipinski definition) is 1. The molecule has 0 aliphatic carbocycles. The highest BCUT2D eigenvalue weighted by molar-refractivity contribution is 5.80. The van der Waals surface area contributed by atoms with E-state index in [-0.39, 0.29) is 5.82 Å². The van der Waals surface area contributed by atoms with Gasteiger partial charge in [-0.2, -0.15) is 0 Å². The Hall–Kier alpha value is -1.35. The zero-order valence-corrected chi connectivity index (χ0v) is 10.4. The smallest absolute Gasteiger partial charge is 0.132 e. The highest BCUT2D eigenvalue weighted by Gasteiger charge is 2.04. The molecule has 1 heterocycles. The van der Waals surface area contributed by atoms with E-state index in [1.165, 1.54) is 6.07 Å². The van der Waals surface area contributed by atoms with Crippen molar-refractivity contribution in [1.29, 1.82) is 0 Å². The van der Waals surface area contributed by atoms with E-state index in [4.69, 9.17) is 0 Å². The number of halogens is 1. The topological polar surface area (TPSA) is 17.0 Å². The summed E-state index contributed by atoms with van der Waals surface area (Å²) in [5.74, 6) is -0.142. The van der Waals surface area contributed by atoms with Gasteiger partial charge in [-0.3, -0.25) is 0 Å². The molecule has 0 aliphatic heterocycles. The summed E-state index contributed by atoms with van der Waals surface area (Å²) in [4.78, 5) is 0. The zero-order chi connectivity index (χ0) is 12.3. The van der Waals surface area contributed by atoms with Crippen LogP contribution in [0.1, 0.15) is 20.3 Å². The van der Waals surface area contributed by atoms with Gasteiger partial charge in [-0.15, -0.1) is 0 Å². The van der Waals surface area contributed by atoms with Crippen LogP contribution in [0, 0.1) is 5.82 Å². The summed E-state index contributed by atoms with van der Waals surface area (Å²) >= 11 is 0. The minimum absolute atomic E-state index is 0.142. The predicted octanol–water partition coefficient (Wildman–Crippen LogP) is 3.17. The fourth-order valence-electron chi connectivity index (χ4n) is 1.96. The van der Waals surface area contributed by atoms with Gasteiger partial charge in [0.05, 0.1) is 5.52 Å². The number of aromatic nitrogens is 1. The van der Waals surface area contributed by atoms with Crippen molar-refractivity contribution >= 4 is 10.9 Å². The third-order valence-corrected chi connectivity index (χ3v) is 3.22. The molecule has 1 aromatic heterocycles. The lowest BCUT2D eigenvalue weighted by atomic mass is 10.2. The molecule has 17 heavy (non-hydrogen) atoms. The molecule has 0 radical (unpaired) electrons. The van der Waals surface area contributed by atoms with Crippen LogP contribution in [-0.4, -0.2) is 17.2 Å². The monoisotopic (exact) mass is 234 g/mol.